The Bertz CT molecular complexity index is 726. The number of anilines is 1. The molecule has 4 nitrogen and oxygen atoms in total. The molecular weight excluding hydrogens is 300 g/mol. The van der Waals surface area contributed by atoms with Crippen molar-refractivity contribution in [1.82, 2.24) is 4.90 Å². The molecular formula is C20H26N2O2. The highest BCUT2D eigenvalue weighted by atomic mass is 16.5. The fraction of sp³-hybridized carbons (Fsp3) is 0.350. The van der Waals surface area contributed by atoms with E-state index in [1.54, 1.807) is 7.11 Å². The normalized spacial score (nSPS) is 10.8. The van der Waals surface area contributed by atoms with Gasteiger partial charge in [0.1, 0.15) is 5.75 Å². The van der Waals surface area contributed by atoms with Gasteiger partial charge in [-0.2, -0.15) is 0 Å². The van der Waals surface area contributed by atoms with Crippen LogP contribution in [-0.2, 0) is 11.3 Å². The number of amides is 1. The number of ether oxygens (including phenoxy) is 1. The number of methoxy groups -OCH3 is 1. The van der Waals surface area contributed by atoms with Crippen molar-refractivity contribution in [3.63, 3.8) is 0 Å². The number of carbonyl (C=O) groups excluding carboxylic acids is 1. The predicted octanol–water partition coefficient (Wildman–Crippen LogP) is 3.69. The number of hydrogen-bond donors (Lipinski definition) is 1. The van der Waals surface area contributed by atoms with Gasteiger partial charge in [0.2, 0.25) is 5.91 Å². The van der Waals surface area contributed by atoms with E-state index >= 15 is 0 Å². The van der Waals surface area contributed by atoms with E-state index in [4.69, 9.17) is 4.74 Å². The third kappa shape index (κ3) is 4.59. The summed E-state index contributed by atoms with van der Waals surface area (Å²) in [6.45, 7) is 7.10. The van der Waals surface area contributed by atoms with Crippen molar-refractivity contribution < 1.29 is 9.53 Å². The molecule has 4 heteroatoms. The average molecular weight is 326 g/mol. The van der Waals surface area contributed by atoms with Gasteiger partial charge in [-0.1, -0.05) is 29.8 Å². The van der Waals surface area contributed by atoms with Crippen LogP contribution in [0.3, 0.4) is 0 Å². The van der Waals surface area contributed by atoms with Gasteiger partial charge in [0, 0.05) is 17.8 Å². The first-order valence-electron chi connectivity index (χ1n) is 8.09. The van der Waals surface area contributed by atoms with Gasteiger partial charge in [-0.05, 0) is 51.1 Å². The lowest BCUT2D eigenvalue weighted by Crippen LogP contribution is -2.30. The van der Waals surface area contributed by atoms with Gasteiger partial charge < -0.3 is 10.1 Å². The second-order valence-corrected chi connectivity index (χ2v) is 6.28. The highest BCUT2D eigenvalue weighted by Gasteiger charge is 2.12. The standard InChI is InChI=1S/C20H26N2O2/c1-14-9-10-19(24-5)17(11-14)12-22(4)13-20(23)21-18-8-6-7-15(2)16(18)3/h6-11H,12-13H2,1-5H3,(H,21,23). The quantitative estimate of drug-likeness (QED) is 0.880. The topological polar surface area (TPSA) is 41.6 Å². The Balaban J connectivity index is 1.99. The van der Waals surface area contributed by atoms with Crippen molar-refractivity contribution in [2.75, 3.05) is 26.0 Å². The molecule has 128 valence electrons. The number of hydrogen-bond acceptors (Lipinski definition) is 3. The number of nitrogens with one attached hydrogen (secondary N) is 1. The monoisotopic (exact) mass is 326 g/mol. The first-order chi connectivity index (χ1) is 11.4. The van der Waals surface area contributed by atoms with Crippen LogP contribution in [0.5, 0.6) is 5.75 Å². The third-order valence-electron chi connectivity index (χ3n) is 4.17. The Morgan fingerprint density at radius 1 is 1.17 bits per heavy atom. The van der Waals surface area contributed by atoms with Gasteiger partial charge >= 0.3 is 0 Å². The molecule has 1 N–H and O–H groups in total. The number of nitrogens with zero attached hydrogens (tertiary/aromatic N) is 1. The second kappa shape index (κ2) is 7.97. The fourth-order valence-corrected chi connectivity index (χ4v) is 2.70. The van der Waals surface area contributed by atoms with Gasteiger partial charge in [0.25, 0.3) is 0 Å². The van der Waals surface area contributed by atoms with Crippen LogP contribution in [0, 0.1) is 20.8 Å². The molecule has 0 aromatic heterocycles. The molecule has 0 atom stereocenters. The Labute approximate surface area is 144 Å². The van der Waals surface area contributed by atoms with Gasteiger partial charge in [-0.3, -0.25) is 9.69 Å². The van der Waals surface area contributed by atoms with Crippen LogP contribution < -0.4 is 10.1 Å². The minimum Gasteiger partial charge on any atom is -0.496 e. The third-order valence-corrected chi connectivity index (χ3v) is 4.17. The molecule has 0 aliphatic carbocycles. The molecule has 2 aromatic rings. The molecule has 0 fully saturated rings. The van der Waals surface area contributed by atoms with Crippen molar-refractivity contribution >= 4 is 11.6 Å². The molecule has 0 saturated heterocycles. The van der Waals surface area contributed by atoms with Crippen LogP contribution in [0.25, 0.3) is 0 Å². The van der Waals surface area contributed by atoms with E-state index in [2.05, 4.69) is 18.3 Å². The van der Waals surface area contributed by atoms with E-state index in [0.29, 0.717) is 13.1 Å². The SMILES string of the molecule is COc1ccc(C)cc1CN(C)CC(=O)Nc1cccc(C)c1C. The lowest BCUT2D eigenvalue weighted by molar-refractivity contribution is -0.117. The summed E-state index contributed by atoms with van der Waals surface area (Å²) in [5.74, 6) is 0.834. The first kappa shape index (κ1) is 18.0. The van der Waals surface area contributed by atoms with Crippen LogP contribution in [0.2, 0.25) is 0 Å². The maximum atomic E-state index is 12.3. The van der Waals surface area contributed by atoms with Crippen LogP contribution in [0.4, 0.5) is 5.69 Å². The summed E-state index contributed by atoms with van der Waals surface area (Å²) in [5, 5.41) is 3.00. The van der Waals surface area contributed by atoms with E-state index in [-0.39, 0.29) is 5.91 Å². The molecule has 0 aliphatic heterocycles. The summed E-state index contributed by atoms with van der Waals surface area (Å²) in [6.07, 6.45) is 0. The summed E-state index contributed by atoms with van der Waals surface area (Å²) in [6, 6.07) is 12.0. The van der Waals surface area contributed by atoms with Gasteiger partial charge in [-0.25, -0.2) is 0 Å². The zero-order valence-electron chi connectivity index (χ0n) is 15.1. The Hall–Kier alpha value is -2.33. The highest BCUT2D eigenvalue weighted by molar-refractivity contribution is 5.93. The molecule has 2 rings (SSSR count). The van der Waals surface area contributed by atoms with Crippen molar-refractivity contribution in [2.45, 2.75) is 27.3 Å². The molecule has 24 heavy (non-hydrogen) atoms. The Kier molecular flexibility index (Phi) is 5.99. The molecule has 2 aromatic carbocycles. The number of benzene rings is 2. The van der Waals surface area contributed by atoms with Crippen LogP contribution in [0.15, 0.2) is 36.4 Å². The zero-order valence-corrected chi connectivity index (χ0v) is 15.1. The van der Waals surface area contributed by atoms with Gasteiger partial charge in [0.15, 0.2) is 0 Å². The van der Waals surface area contributed by atoms with Crippen molar-refractivity contribution in [2.24, 2.45) is 0 Å². The molecule has 0 aliphatic rings. The molecule has 1 amide bonds. The fourth-order valence-electron chi connectivity index (χ4n) is 2.70. The van der Waals surface area contributed by atoms with Gasteiger partial charge in [-0.15, -0.1) is 0 Å². The summed E-state index contributed by atoms with van der Waals surface area (Å²) in [5.41, 5.74) is 5.42. The summed E-state index contributed by atoms with van der Waals surface area (Å²) in [4.78, 5) is 14.3. The maximum absolute atomic E-state index is 12.3. The number of aryl methyl sites for hydroxylation is 2. The first-order valence-corrected chi connectivity index (χ1v) is 8.09. The van der Waals surface area contributed by atoms with Crippen molar-refractivity contribution in [3.8, 4) is 5.75 Å². The summed E-state index contributed by atoms with van der Waals surface area (Å²) < 4.78 is 5.40. The summed E-state index contributed by atoms with van der Waals surface area (Å²) in [7, 11) is 3.60. The zero-order chi connectivity index (χ0) is 17.7. The van der Waals surface area contributed by atoms with Crippen LogP contribution >= 0.6 is 0 Å². The minimum absolute atomic E-state index is 0.0159. The predicted molar refractivity (Wildman–Crippen MR) is 98.6 cm³/mol. The van der Waals surface area contributed by atoms with E-state index < -0.39 is 0 Å². The lowest BCUT2D eigenvalue weighted by atomic mass is 10.1. The Morgan fingerprint density at radius 2 is 1.92 bits per heavy atom. The number of likely N-dealkylation sites (N-methyl/N-ethyl adjacent to an activating group) is 1. The van der Waals surface area contributed by atoms with Crippen molar-refractivity contribution in [3.05, 3.63) is 58.7 Å². The number of rotatable bonds is 6. The van der Waals surface area contributed by atoms with Crippen molar-refractivity contribution in [1.29, 1.82) is 0 Å². The average Bonchev–Trinajstić information content (AvgIpc) is 2.52. The smallest absolute Gasteiger partial charge is 0.238 e. The molecule has 0 heterocycles. The van der Waals surface area contributed by atoms with Gasteiger partial charge in [0.05, 0.1) is 13.7 Å². The molecule has 0 radical (unpaired) electrons. The summed E-state index contributed by atoms with van der Waals surface area (Å²) >= 11 is 0. The molecule has 0 spiro atoms. The second-order valence-electron chi connectivity index (χ2n) is 6.28. The maximum Gasteiger partial charge on any atom is 0.238 e. The highest BCUT2D eigenvalue weighted by Crippen LogP contribution is 2.21. The van der Waals surface area contributed by atoms with E-state index in [1.165, 1.54) is 11.1 Å². The number of carbonyl (C=O) groups is 1. The largest absolute Gasteiger partial charge is 0.496 e. The van der Waals surface area contributed by atoms with Crippen LogP contribution in [-0.4, -0.2) is 31.5 Å². The van der Waals surface area contributed by atoms with E-state index in [9.17, 15) is 4.79 Å². The molecule has 0 unspecified atom stereocenters. The Morgan fingerprint density at radius 3 is 2.62 bits per heavy atom. The van der Waals surface area contributed by atoms with E-state index in [1.807, 2.05) is 56.1 Å². The molecule has 0 saturated carbocycles. The molecule has 0 bridgehead atoms. The lowest BCUT2D eigenvalue weighted by Gasteiger charge is -2.19. The van der Waals surface area contributed by atoms with Crippen LogP contribution in [0.1, 0.15) is 22.3 Å². The minimum atomic E-state index is -0.0159. The van der Waals surface area contributed by atoms with E-state index in [0.717, 1.165) is 22.6 Å².